The lowest BCUT2D eigenvalue weighted by molar-refractivity contribution is 0.185. The topological polar surface area (TPSA) is 9.23 Å². The number of halogens is 1. The van der Waals surface area contributed by atoms with Crippen LogP contribution in [0.5, 0.6) is 0 Å². The van der Waals surface area contributed by atoms with Crippen LogP contribution in [-0.4, -0.2) is 19.8 Å². The van der Waals surface area contributed by atoms with Gasteiger partial charge in [-0.25, -0.2) is 0 Å². The second-order valence-corrected chi connectivity index (χ2v) is 11.8. The predicted molar refractivity (Wildman–Crippen MR) is 80.0 cm³/mol. The monoisotopic (exact) mass is 308 g/mol. The van der Waals surface area contributed by atoms with Gasteiger partial charge in [0.05, 0.1) is 0 Å². The van der Waals surface area contributed by atoms with Crippen LogP contribution >= 0.6 is 15.9 Å². The summed E-state index contributed by atoms with van der Waals surface area (Å²) in [6, 6.07) is 0. The molecule has 1 atom stereocenters. The van der Waals surface area contributed by atoms with Gasteiger partial charge in [-0.2, -0.15) is 0 Å². The third-order valence-electron chi connectivity index (χ3n) is 3.55. The molecule has 0 unspecified atom stereocenters. The number of hydrogen-bond donors (Lipinski definition) is 0. The predicted octanol–water partition coefficient (Wildman–Crippen LogP) is 5.35. The molecule has 0 saturated heterocycles. The largest absolute Gasteiger partial charge is 0.414 e. The van der Waals surface area contributed by atoms with Gasteiger partial charge in [0.1, 0.15) is 0 Å². The molecule has 0 rings (SSSR count). The highest BCUT2D eigenvalue weighted by atomic mass is 79.9. The molecular formula is C13H29BrOSi. The quantitative estimate of drug-likeness (QED) is 0.350. The first-order valence-corrected chi connectivity index (χ1v) is 10.5. The summed E-state index contributed by atoms with van der Waals surface area (Å²) in [5.41, 5.74) is 0. The van der Waals surface area contributed by atoms with Crippen LogP contribution in [0.3, 0.4) is 0 Å². The van der Waals surface area contributed by atoms with Crippen LogP contribution in [0.25, 0.3) is 0 Å². The van der Waals surface area contributed by atoms with Crippen molar-refractivity contribution in [2.45, 2.75) is 77.6 Å². The first-order chi connectivity index (χ1) is 7.20. The van der Waals surface area contributed by atoms with Crippen molar-refractivity contribution in [2.24, 2.45) is 0 Å². The summed E-state index contributed by atoms with van der Waals surface area (Å²) in [7, 11) is -1.55. The van der Waals surface area contributed by atoms with Gasteiger partial charge in [-0.3, -0.25) is 0 Å². The Morgan fingerprint density at radius 3 is 2.12 bits per heavy atom. The van der Waals surface area contributed by atoms with E-state index in [-0.39, 0.29) is 0 Å². The molecule has 0 bridgehead atoms. The molecule has 0 aromatic rings. The average molecular weight is 309 g/mol. The van der Waals surface area contributed by atoms with E-state index in [0.717, 1.165) is 5.33 Å². The van der Waals surface area contributed by atoms with Crippen LogP contribution < -0.4 is 0 Å². The van der Waals surface area contributed by atoms with E-state index in [0.29, 0.717) is 11.1 Å². The number of rotatable bonds is 7. The van der Waals surface area contributed by atoms with Crippen molar-refractivity contribution in [1.29, 1.82) is 0 Å². The molecule has 0 fully saturated rings. The van der Waals surface area contributed by atoms with Gasteiger partial charge in [0, 0.05) is 11.4 Å². The molecule has 0 aromatic heterocycles. The minimum Gasteiger partial charge on any atom is -0.414 e. The Kier molecular flexibility index (Phi) is 7.47. The summed E-state index contributed by atoms with van der Waals surface area (Å²) in [5, 5.41) is 1.46. The molecule has 0 radical (unpaired) electrons. The maximum atomic E-state index is 6.31. The fraction of sp³-hybridized carbons (Fsp3) is 1.00. The Labute approximate surface area is 112 Å². The molecule has 0 aromatic carbocycles. The molecule has 3 heteroatoms. The summed E-state index contributed by atoms with van der Waals surface area (Å²) < 4.78 is 6.31. The molecule has 1 nitrogen and oxygen atoms in total. The maximum absolute atomic E-state index is 6.31. The SMILES string of the molecule is C[C@H](CCCCCBr)O[Si](C)(C)C(C)(C)C. The normalized spacial score (nSPS) is 15.2. The maximum Gasteiger partial charge on any atom is 0.192 e. The van der Waals surface area contributed by atoms with Gasteiger partial charge in [-0.05, 0) is 37.9 Å². The van der Waals surface area contributed by atoms with E-state index in [1.165, 1.54) is 25.7 Å². The minimum atomic E-state index is -1.55. The first kappa shape index (κ1) is 16.7. The highest BCUT2D eigenvalue weighted by molar-refractivity contribution is 9.09. The van der Waals surface area contributed by atoms with Gasteiger partial charge in [0.25, 0.3) is 0 Å². The lowest BCUT2D eigenvalue weighted by Crippen LogP contribution is -2.43. The van der Waals surface area contributed by atoms with Gasteiger partial charge in [0.2, 0.25) is 0 Å². The Balaban J connectivity index is 3.90. The van der Waals surface area contributed by atoms with Crippen LogP contribution in [0.4, 0.5) is 0 Å². The standard InChI is InChI=1S/C13H29BrOSi/c1-12(10-8-7-9-11-14)15-16(5,6)13(2,3)4/h12H,7-11H2,1-6H3/t12-/m1/s1. The molecule has 0 aliphatic rings. The third kappa shape index (κ3) is 6.41. The van der Waals surface area contributed by atoms with Crippen LogP contribution in [0.15, 0.2) is 0 Å². The van der Waals surface area contributed by atoms with Gasteiger partial charge < -0.3 is 4.43 Å². The molecule has 0 spiro atoms. The number of hydrogen-bond acceptors (Lipinski definition) is 1. The van der Waals surface area contributed by atoms with E-state index in [1.807, 2.05) is 0 Å². The highest BCUT2D eigenvalue weighted by Crippen LogP contribution is 2.37. The molecule has 0 heterocycles. The molecular weight excluding hydrogens is 280 g/mol. The van der Waals surface area contributed by atoms with Crippen molar-refractivity contribution in [2.75, 3.05) is 5.33 Å². The zero-order valence-electron chi connectivity index (χ0n) is 11.9. The lowest BCUT2D eigenvalue weighted by Gasteiger charge is -2.38. The zero-order chi connectivity index (χ0) is 12.8. The molecule has 0 aliphatic carbocycles. The third-order valence-corrected chi connectivity index (χ3v) is 8.71. The van der Waals surface area contributed by atoms with E-state index in [1.54, 1.807) is 0 Å². The van der Waals surface area contributed by atoms with Gasteiger partial charge in [-0.1, -0.05) is 49.5 Å². The number of alkyl halides is 1. The van der Waals surface area contributed by atoms with E-state index in [4.69, 9.17) is 4.43 Å². The van der Waals surface area contributed by atoms with Crippen LogP contribution in [0.2, 0.25) is 18.1 Å². The average Bonchev–Trinajstić information content (AvgIpc) is 2.10. The summed E-state index contributed by atoms with van der Waals surface area (Å²) in [4.78, 5) is 0. The fourth-order valence-corrected chi connectivity index (χ4v) is 3.32. The lowest BCUT2D eigenvalue weighted by atomic mass is 10.1. The Morgan fingerprint density at radius 2 is 1.69 bits per heavy atom. The van der Waals surface area contributed by atoms with E-state index >= 15 is 0 Å². The molecule has 0 aliphatic heterocycles. The van der Waals surface area contributed by atoms with Crippen molar-refractivity contribution in [1.82, 2.24) is 0 Å². The molecule has 0 N–H and O–H groups in total. The Hall–Kier alpha value is 0.657. The molecule has 0 saturated carbocycles. The smallest absolute Gasteiger partial charge is 0.192 e. The second-order valence-electron chi connectivity index (χ2n) is 6.23. The highest BCUT2D eigenvalue weighted by Gasteiger charge is 2.38. The summed E-state index contributed by atoms with van der Waals surface area (Å²) in [5.74, 6) is 0. The first-order valence-electron chi connectivity index (χ1n) is 6.44. The fourth-order valence-electron chi connectivity index (χ4n) is 1.44. The summed E-state index contributed by atoms with van der Waals surface area (Å²) in [6.45, 7) is 13.8. The summed E-state index contributed by atoms with van der Waals surface area (Å²) in [6.07, 6.45) is 5.53. The van der Waals surface area contributed by atoms with E-state index < -0.39 is 8.32 Å². The minimum absolute atomic E-state index is 0.330. The van der Waals surface area contributed by atoms with E-state index in [9.17, 15) is 0 Å². The van der Waals surface area contributed by atoms with Crippen LogP contribution in [0, 0.1) is 0 Å². The number of unbranched alkanes of at least 4 members (excludes halogenated alkanes) is 2. The molecule has 0 amide bonds. The van der Waals surface area contributed by atoms with Crippen molar-refractivity contribution in [3.05, 3.63) is 0 Å². The van der Waals surface area contributed by atoms with Crippen molar-refractivity contribution < 1.29 is 4.43 Å². The van der Waals surface area contributed by atoms with Crippen molar-refractivity contribution in [3.63, 3.8) is 0 Å². The summed E-state index contributed by atoms with van der Waals surface area (Å²) >= 11 is 3.47. The Bertz CT molecular complexity index is 187. The zero-order valence-corrected chi connectivity index (χ0v) is 14.5. The van der Waals surface area contributed by atoms with Crippen molar-refractivity contribution in [3.8, 4) is 0 Å². The van der Waals surface area contributed by atoms with Crippen LogP contribution in [0.1, 0.15) is 53.4 Å². The van der Waals surface area contributed by atoms with Gasteiger partial charge >= 0.3 is 0 Å². The van der Waals surface area contributed by atoms with Gasteiger partial charge in [0.15, 0.2) is 8.32 Å². The molecule has 98 valence electrons. The van der Waals surface area contributed by atoms with Crippen LogP contribution in [-0.2, 0) is 4.43 Å². The Morgan fingerprint density at radius 1 is 1.12 bits per heavy atom. The second kappa shape index (κ2) is 7.17. The molecule has 16 heavy (non-hydrogen) atoms. The van der Waals surface area contributed by atoms with Gasteiger partial charge in [-0.15, -0.1) is 0 Å². The van der Waals surface area contributed by atoms with E-state index in [2.05, 4.69) is 56.7 Å². The van der Waals surface area contributed by atoms with Crippen molar-refractivity contribution >= 4 is 24.2 Å².